The molecule has 0 saturated carbocycles. The Balaban J connectivity index is 2.54. The minimum absolute atomic E-state index is 0.000998. The molecule has 0 atom stereocenters. The van der Waals surface area contributed by atoms with Crippen LogP contribution in [-0.4, -0.2) is 8.42 Å². The van der Waals surface area contributed by atoms with E-state index in [4.69, 9.17) is 16.7 Å². The van der Waals surface area contributed by atoms with Crippen LogP contribution < -0.4 is 5.14 Å². The van der Waals surface area contributed by atoms with Crippen molar-refractivity contribution >= 4 is 21.6 Å². The Kier molecular flexibility index (Phi) is 5.46. The van der Waals surface area contributed by atoms with Gasteiger partial charge in [0, 0.05) is 21.7 Å². The van der Waals surface area contributed by atoms with Gasteiger partial charge in [0.15, 0.2) is 23.3 Å². The summed E-state index contributed by atoms with van der Waals surface area (Å²) in [6.45, 7) is 3.20. The smallest absolute Gasteiger partial charge is 0.225 e. The minimum Gasteiger partial charge on any atom is -0.225 e. The fourth-order valence-electron chi connectivity index (χ4n) is 3.17. The van der Waals surface area contributed by atoms with Crippen LogP contribution in [0.3, 0.4) is 0 Å². The highest BCUT2D eigenvalue weighted by Crippen LogP contribution is 2.42. The summed E-state index contributed by atoms with van der Waals surface area (Å²) < 4.78 is 81.8. The molecule has 0 spiro atoms. The molecule has 0 saturated heterocycles. The molecule has 0 radical (unpaired) electrons. The third-order valence-electron chi connectivity index (χ3n) is 4.46. The molecule has 9 heteroatoms. The summed E-state index contributed by atoms with van der Waals surface area (Å²) in [5.74, 6) is -7.48. The fraction of sp³-hybridized carbons (Fsp3) is 0.100. The van der Waals surface area contributed by atoms with Gasteiger partial charge in [0.25, 0.3) is 0 Å². The number of rotatable bonds is 3. The van der Waals surface area contributed by atoms with Gasteiger partial charge in [-0.05, 0) is 48.7 Å². The SMILES string of the molecule is Cc1cc(-c2c(F)c(F)c(F)c(F)c2-c2ccccc2S(N)(=O)=O)cc(C)c1Cl. The maximum Gasteiger partial charge on any atom is 0.238 e. The third kappa shape index (κ3) is 3.63. The number of aryl methyl sites for hydroxylation is 2. The molecule has 0 amide bonds. The Morgan fingerprint density at radius 3 is 1.83 bits per heavy atom. The molecule has 152 valence electrons. The molecule has 0 bridgehead atoms. The van der Waals surface area contributed by atoms with E-state index in [1.54, 1.807) is 13.8 Å². The first-order chi connectivity index (χ1) is 13.4. The standard InChI is InChI=1S/C20H14ClF4NO2S/c1-9-7-11(8-10(2)16(9)21)14-15(18(23)20(25)19(24)17(14)22)12-5-3-4-6-13(12)29(26,27)28/h3-8H,1-2H3,(H2,26,27,28). The van der Waals surface area contributed by atoms with Crippen LogP contribution in [0.4, 0.5) is 17.6 Å². The maximum absolute atomic E-state index is 14.9. The number of hydrogen-bond donors (Lipinski definition) is 1. The van der Waals surface area contributed by atoms with E-state index in [1.807, 2.05) is 0 Å². The van der Waals surface area contributed by atoms with Crippen LogP contribution in [0.25, 0.3) is 22.3 Å². The van der Waals surface area contributed by atoms with Gasteiger partial charge in [0.2, 0.25) is 10.0 Å². The van der Waals surface area contributed by atoms with Gasteiger partial charge >= 0.3 is 0 Å². The molecule has 0 aliphatic heterocycles. The fourth-order valence-corrected chi connectivity index (χ4v) is 4.02. The predicted molar refractivity (Wildman–Crippen MR) is 103 cm³/mol. The number of hydrogen-bond acceptors (Lipinski definition) is 2. The molecular weight excluding hydrogens is 430 g/mol. The molecule has 29 heavy (non-hydrogen) atoms. The Morgan fingerprint density at radius 1 is 0.828 bits per heavy atom. The van der Waals surface area contributed by atoms with E-state index in [0.717, 1.165) is 12.1 Å². The number of primary sulfonamides is 1. The van der Waals surface area contributed by atoms with Crippen molar-refractivity contribution < 1.29 is 26.0 Å². The van der Waals surface area contributed by atoms with E-state index >= 15 is 0 Å². The van der Waals surface area contributed by atoms with Gasteiger partial charge in [0.05, 0.1) is 4.90 Å². The minimum atomic E-state index is -4.38. The van der Waals surface area contributed by atoms with Crippen molar-refractivity contribution in [2.24, 2.45) is 5.14 Å². The van der Waals surface area contributed by atoms with Gasteiger partial charge in [-0.25, -0.2) is 31.1 Å². The Morgan fingerprint density at radius 2 is 1.31 bits per heavy atom. The Hall–Kier alpha value is -2.42. The molecule has 3 nitrogen and oxygen atoms in total. The highest BCUT2D eigenvalue weighted by molar-refractivity contribution is 7.89. The summed E-state index contributed by atoms with van der Waals surface area (Å²) in [6.07, 6.45) is 0. The first-order valence-corrected chi connectivity index (χ1v) is 10.1. The van der Waals surface area contributed by atoms with Gasteiger partial charge < -0.3 is 0 Å². The van der Waals surface area contributed by atoms with Crippen LogP contribution in [0.2, 0.25) is 5.02 Å². The highest BCUT2D eigenvalue weighted by atomic mass is 35.5. The molecule has 0 fully saturated rings. The van der Waals surface area contributed by atoms with E-state index in [1.165, 1.54) is 24.3 Å². The number of halogens is 5. The molecule has 2 N–H and O–H groups in total. The zero-order valence-electron chi connectivity index (χ0n) is 15.2. The lowest BCUT2D eigenvalue weighted by atomic mass is 9.91. The summed E-state index contributed by atoms with van der Waals surface area (Å²) in [6, 6.07) is 7.58. The molecular formula is C20H14ClF4NO2S. The zero-order chi connectivity index (χ0) is 21.7. The molecule has 0 aliphatic rings. The molecule has 0 unspecified atom stereocenters. The lowest BCUT2D eigenvalue weighted by molar-refractivity contribution is 0.412. The second kappa shape index (κ2) is 7.44. The normalized spacial score (nSPS) is 11.7. The molecule has 3 rings (SSSR count). The van der Waals surface area contributed by atoms with Crippen molar-refractivity contribution in [1.82, 2.24) is 0 Å². The van der Waals surface area contributed by atoms with Crippen LogP contribution in [0.1, 0.15) is 11.1 Å². The van der Waals surface area contributed by atoms with Crippen LogP contribution in [-0.2, 0) is 10.0 Å². The number of sulfonamides is 1. The van der Waals surface area contributed by atoms with Gasteiger partial charge in [-0.3, -0.25) is 0 Å². The number of benzene rings is 3. The largest absolute Gasteiger partial charge is 0.238 e. The Labute approximate surface area is 169 Å². The van der Waals surface area contributed by atoms with Crippen LogP contribution >= 0.6 is 11.6 Å². The summed E-state index contributed by atoms with van der Waals surface area (Å²) in [5, 5.41) is 5.54. The monoisotopic (exact) mass is 443 g/mol. The van der Waals surface area contributed by atoms with Crippen molar-refractivity contribution in [3.8, 4) is 22.3 Å². The Bertz CT molecular complexity index is 1240. The summed E-state index contributed by atoms with van der Waals surface area (Å²) >= 11 is 6.11. The van der Waals surface area contributed by atoms with E-state index in [9.17, 15) is 26.0 Å². The lowest BCUT2D eigenvalue weighted by Crippen LogP contribution is -2.14. The van der Waals surface area contributed by atoms with Crippen molar-refractivity contribution in [1.29, 1.82) is 0 Å². The second-order valence-corrected chi connectivity index (χ2v) is 8.38. The maximum atomic E-state index is 14.9. The third-order valence-corrected chi connectivity index (χ3v) is 6.02. The highest BCUT2D eigenvalue weighted by Gasteiger charge is 2.30. The molecule has 3 aromatic carbocycles. The topological polar surface area (TPSA) is 60.2 Å². The van der Waals surface area contributed by atoms with Crippen molar-refractivity contribution in [3.63, 3.8) is 0 Å². The first kappa shape index (κ1) is 21.3. The van der Waals surface area contributed by atoms with E-state index in [-0.39, 0.29) is 5.56 Å². The first-order valence-electron chi connectivity index (χ1n) is 8.20. The number of nitrogens with two attached hydrogens (primary N) is 1. The van der Waals surface area contributed by atoms with Gasteiger partial charge in [-0.15, -0.1) is 0 Å². The second-order valence-electron chi connectivity index (χ2n) is 6.47. The van der Waals surface area contributed by atoms with E-state index < -0.39 is 54.9 Å². The molecule has 3 aromatic rings. The van der Waals surface area contributed by atoms with Crippen molar-refractivity contribution in [2.75, 3.05) is 0 Å². The lowest BCUT2D eigenvalue weighted by Gasteiger charge is -2.17. The zero-order valence-corrected chi connectivity index (χ0v) is 16.7. The van der Waals surface area contributed by atoms with Gasteiger partial charge in [0.1, 0.15) is 0 Å². The predicted octanol–water partition coefficient (Wildman–Crippen LogP) is 5.49. The summed E-state index contributed by atoms with van der Waals surface area (Å²) in [7, 11) is -4.38. The van der Waals surface area contributed by atoms with Crippen molar-refractivity contribution in [2.45, 2.75) is 18.7 Å². The average molecular weight is 444 g/mol. The molecule has 0 heterocycles. The van der Waals surface area contributed by atoms with Gasteiger partial charge in [-0.1, -0.05) is 29.8 Å². The van der Waals surface area contributed by atoms with Crippen molar-refractivity contribution in [3.05, 3.63) is 75.8 Å². The molecule has 0 aromatic heterocycles. The van der Waals surface area contributed by atoms with Crippen LogP contribution in [0.15, 0.2) is 41.3 Å². The summed E-state index contributed by atoms with van der Waals surface area (Å²) in [4.78, 5) is -0.562. The molecule has 0 aliphatic carbocycles. The van der Waals surface area contributed by atoms with Gasteiger partial charge in [-0.2, -0.15) is 0 Å². The van der Waals surface area contributed by atoms with Crippen LogP contribution in [0, 0.1) is 37.1 Å². The average Bonchev–Trinajstić information content (AvgIpc) is 2.66. The quantitative estimate of drug-likeness (QED) is 0.330. The van der Waals surface area contributed by atoms with E-state index in [2.05, 4.69) is 0 Å². The summed E-state index contributed by atoms with van der Waals surface area (Å²) in [5.41, 5.74) is -0.828. The van der Waals surface area contributed by atoms with E-state index in [0.29, 0.717) is 16.1 Å². The van der Waals surface area contributed by atoms with Crippen LogP contribution in [0.5, 0.6) is 0 Å².